The summed E-state index contributed by atoms with van der Waals surface area (Å²) >= 11 is 0. The van der Waals surface area contributed by atoms with Crippen LogP contribution in [-0.2, 0) is 0 Å². The van der Waals surface area contributed by atoms with Crippen LogP contribution in [0.25, 0.3) is 0 Å². The van der Waals surface area contributed by atoms with Gasteiger partial charge in [-0.1, -0.05) is 26.7 Å². The van der Waals surface area contributed by atoms with Gasteiger partial charge in [0.05, 0.1) is 0 Å². The van der Waals surface area contributed by atoms with Crippen molar-refractivity contribution in [2.75, 3.05) is 0 Å². The van der Waals surface area contributed by atoms with Gasteiger partial charge in [0.2, 0.25) is 0 Å². The summed E-state index contributed by atoms with van der Waals surface area (Å²) < 4.78 is 0. The second kappa shape index (κ2) is 4.86. The average Bonchev–Trinajstić information content (AvgIpc) is 2.05. The van der Waals surface area contributed by atoms with Gasteiger partial charge in [0.15, 0.2) is 0 Å². The minimum Gasteiger partial charge on any atom is -0.311 e. The Kier molecular flexibility index (Phi) is 4.07. The van der Waals surface area contributed by atoms with Crippen molar-refractivity contribution in [3.8, 4) is 0 Å². The average molecular weight is 169 g/mol. The Labute approximate surface area is 76.9 Å². The van der Waals surface area contributed by atoms with Crippen molar-refractivity contribution in [3.05, 3.63) is 0 Å². The van der Waals surface area contributed by atoms with Gasteiger partial charge in [0.25, 0.3) is 0 Å². The van der Waals surface area contributed by atoms with Gasteiger partial charge in [0, 0.05) is 12.1 Å². The Morgan fingerprint density at radius 2 is 2.00 bits per heavy atom. The molecule has 0 saturated carbocycles. The van der Waals surface area contributed by atoms with Crippen LogP contribution in [0.2, 0.25) is 0 Å². The van der Waals surface area contributed by atoms with E-state index in [9.17, 15) is 0 Å². The molecule has 72 valence electrons. The van der Waals surface area contributed by atoms with Gasteiger partial charge in [-0.05, 0) is 32.1 Å². The van der Waals surface area contributed by atoms with Crippen molar-refractivity contribution in [2.45, 2.75) is 65.0 Å². The monoisotopic (exact) mass is 169 g/mol. The fourth-order valence-electron chi connectivity index (χ4n) is 2.39. The minimum absolute atomic E-state index is 0.750. The third-order valence-corrected chi connectivity index (χ3v) is 3.25. The lowest BCUT2D eigenvalue weighted by Crippen LogP contribution is -2.45. The standard InChI is InChI=1S/C11H23N/c1-4-6-11-8-7-10(5-2)9(3)12-11/h9-12H,4-8H2,1-3H3. The van der Waals surface area contributed by atoms with Crippen LogP contribution in [0.4, 0.5) is 0 Å². The summed E-state index contributed by atoms with van der Waals surface area (Å²) in [6, 6.07) is 1.56. The van der Waals surface area contributed by atoms with Crippen molar-refractivity contribution >= 4 is 0 Å². The highest BCUT2D eigenvalue weighted by Gasteiger charge is 2.24. The van der Waals surface area contributed by atoms with E-state index in [2.05, 4.69) is 26.1 Å². The van der Waals surface area contributed by atoms with Gasteiger partial charge in [-0.15, -0.1) is 0 Å². The van der Waals surface area contributed by atoms with Crippen LogP contribution in [0, 0.1) is 5.92 Å². The van der Waals surface area contributed by atoms with Crippen molar-refractivity contribution in [3.63, 3.8) is 0 Å². The van der Waals surface area contributed by atoms with Crippen molar-refractivity contribution in [1.29, 1.82) is 0 Å². The molecule has 0 aliphatic carbocycles. The van der Waals surface area contributed by atoms with E-state index in [-0.39, 0.29) is 0 Å². The summed E-state index contributed by atoms with van der Waals surface area (Å²) in [6.45, 7) is 6.93. The molecule has 0 bridgehead atoms. The molecule has 0 aromatic heterocycles. The number of hydrogen-bond acceptors (Lipinski definition) is 1. The molecule has 12 heavy (non-hydrogen) atoms. The zero-order valence-corrected chi connectivity index (χ0v) is 8.77. The Morgan fingerprint density at radius 3 is 2.50 bits per heavy atom. The second-order valence-electron chi connectivity index (χ2n) is 4.19. The SMILES string of the molecule is CCCC1CCC(CC)C(C)N1. The predicted molar refractivity (Wildman–Crippen MR) is 54.3 cm³/mol. The van der Waals surface area contributed by atoms with Gasteiger partial charge in [-0.3, -0.25) is 0 Å². The zero-order chi connectivity index (χ0) is 8.97. The quantitative estimate of drug-likeness (QED) is 0.685. The predicted octanol–water partition coefficient (Wildman–Crippen LogP) is 2.95. The molecular weight excluding hydrogens is 146 g/mol. The minimum atomic E-state index is 0.750. The van der Waals surface area contributed by atoms with E-state index in [1.54, 1.807) is 0 Å². The molecule has 1 fully saturated rings. The van der Waals surface area contributed by atoms with Gasteiger partial charge >= 0.3 is 0 Å². The molecule has 1 aliphatic rings. The maximum Gasteiger partial charge on any atom is 0.00696 e. The normalized spacial score (nSPS) is 36.8. The first-order valence-electron chi connectivity index (χ1n) is 5.54. The molecule has 1 heterocycles. The van der Waals surface area contributed by atoms with Crippen LogP contribution in [0.5, 0.6) is 0 Å². The molecule has 3 atom stereocenters. The smallest absolute Gasteiger partial charge is 0.00696 e. The highest BCUT2D eigenvalue weighted by molar-refractivity contribution is 4.83. The first-order valence-corrected chi connectivity index (χ1v) is 5.54. The van der Waals surface area contributed by atoms with Gasteiger partial charge in [-0.25, -0.2) is 0 Å². The molecule has 0 spiro atoms. The molecular formula is C11H23N. The van der Waals surface area contributed by atoms with Crippen LogP contribution < -0.4 is 5.32 Å². The van der Waals surface area contributed by atoms with E-state index in [1.165, 1.54) is 32.1 Å². The Hall–Kier alpha value is -0.0400. The number of piperidine rings is 1. The van der Waals surface area contributed by atoms with Crippen molar-refractivity contribution in [2.24, 2.45) is 5.92 Å². The van der Waals surface area contributed by atoms with Gasteiger partial charge < -0.3 is 5.32 Å². The van der Waals surface area contributed by atoms with Gasteiger partial charge in [-0.2, -0.15) is 0 Å². The van der Waals surface area contributed by atoms with Crippen LogP contribution in [0.1, 0.15) is 52.9 Å². The lowest BCUT2D eigenvalue weighted by atomic mass is 9.85. The number of nitrogens with one attached hydrogen (secondary N) is 1. The summed E-state index contributed by atoms with van der Waals surface area (Å²) in [5.74, 6) is 0.929. The summed E-state index contributed by atoms with van der Waals surface area (Å²) in [6.07, 6.45) is 6.86. The molecule has 1 saturated heterocycles. The first kappa shape index (κ1) is 10.0. The molecule has 0 aromatic carbocycles. The fourth-order valence-corrected chi connectivity index (χ4v) is 2.39. The lowest BCUT2D eigenvalue weighted by Gasteiger charge is -2.35. The van der Waals surface area contributed by atoms with Gasteiger partial charge in [0.1, 0.15) is 0 Å². The van der Waals surface area contributed by atoms with E-state index in [0.29, 0.717) is 0 Å². The molecule has 1 aliphatic heterocycles. The third kappa shape index (κ3) is 2.48. The first-order chi connectivity index (χ1) is 5.77. The van der Waals surface area contributed by atoms with Crippen molar-refractivity contribution in [1.82, 2.24) is 5.32 Å². The molecule has 1 heteroatoms. The van der Waals surface area contributed by atoms with E-state index in [4.69, 9.17) is 0 Å². The molecule has 0 amide bonds. The molecule has 1 rings (SSSR count). The second-order valence-corrected chi connectivity index (χ2v) is 4.19. The Balaban J connectivity index is 2.30. The Bertz CT molecular complexity index is 122. The van der Waals surface area contributed by atoms with Crippen molar-refractivity contribution < 1.29 is 0 Å². The van der Waals surface area contributed by atoms with Crippen LogP contribution in [0.15, 0.2) is 0 Å². The molecule has 0 aromatic rings. The highest BCUT2D eigenvalue weighted by atomic mass is 15.0. The topological polar surface area (TPSA) is 12.0 Å². The number of hydrogen-bond donors (Lipinski definition) is 1. The lowest BCUT2D eigenvalue weighted by molar-refractivity contribution is 0.229. The van der Waals surface area contributed by atoms with E-state index >= 15 is 0 Å². The summed E-state index contributed by atoms with van der Waals surface area (Å²) in [5.41, 5.74) is 0. The third-order valence-electron chi connectivity index (χ3n) is 3.25. The van der Waals surface area contributed by atoms with Crippen LogP contribution >= 0.6 is 0 Å². The maximum absolute atomic E-state index is 3.72. The Morgan fingerprint density at radius 1 is 1.25 bits per heavy atom. The summed E-state index contributed by atoms with van der Waals surface area (Å²) in [7, 11) is 0. The number of rotatable bonds is 3. The van der Waals surface area contributed by atoms with E-state index in [1.807, 2.05) is 0 Å². The van der Waals surface area contributed by atoms with Crippen LogP contribution in [-0.4, -0.2) is 12.1 Å². The highest BCUT2D eigenvalue weighted by Crippen LogP contribution is 2.24. The molecule has 0 radical (unpaired) electrons. The van der Waals surface area contributed by atoms with E-state index in [0.717, 1.165) is 18.0 Å². The van der Waals surface area contributed by atoms with Crippen LogP contribution in [0.3, 0.4) is 0 Å². The molecule has 1 N–H and O–H groups in total. The maximum atomic E-state index is 3.72. The zero-order valence-electron chi connectivity index (χ0n) is 8.77. The summed E-state index contributed by atoms with van der Waals surface area (Å²) in [5, 5.41) is 3.72. The molecule has 1 nitrogen and oxygen atoms in total. The largest absolute Gasteiger partial charge is 0.311 e. The summed E-state index contributed by atoms with van der Waals surface area (Å²) in [4.78, 5) is 0. The molecule has 3 unspecified atom stereocenters. The van der Waals surface area contributed by atoms with E-state index < -0.39 is 0 Å². The fraction of sp³-hybridized carbons (Fsp3) is 1.00.